The monoisotopic (exact) mass is 392 g/mol. The number of halogens is 1. The minimum Gasteiger partial charge on any atom is -0.310 e. The minimum absolute atomic E-state index is 0.0378. The lowest BCUT2D eigenvalue weighted by Gasteiger charge is -2.28. The van der Waals surface area contributed by atoms with E-state index in [0.717, 1.165) is 46.9 Å². The van der Waals surface area contributed by atoms with Crippen LogP contribution in [0.25, 0.3) is 11.3 Å². The molecule has 2 aromatic heterocycles. The van der Waals surface area contributed by atoms with E-state index in [1.165, 1.54) is 12.1 Å². The number of pyridine rings is 1. The maximum Gasteiger partial charge on any atom is 0.255 e. The van der Waals surface area contributed by atoms with E-state index in [0.29, 0.717) is 13.1 Å². The summed E-state index contributed by atoms with van der Waals surface area (Å²) in [6, 6.07) is 10.3. The minimum atomic E-state index is -0.270. The summed E-state index contributed by atoms with van der Waals surface area (Å²) in [5, 5.41) is 0. The molecule has 1 aliphatic heterocycles. The third-order valence-electron chi connectivity index (χ3n) is 5.21. The molecule has 0 bridgehead atoms. The van der Waals surface area contributed by atoms with E-state index in [4.69, 9.17) is 4.98 Å². The average molecular weight is 392 g/mol. The van der Waals surface area contributed by atoms with Gasteiger partial charge in [0.15, 0.2) is 0 Å². The molecule has 150 valence electrons. The van der Waals surface area contributed by atoms with Crippen LogP contribution < -0.4 is 5.56 Å². The Kier molecular flexibility index (Phi) is 5.04. The Morgan fingerprint density at radius 3 is 2.72 bits per heavy atom. The van der Waals surface area contributed by atoms with Gasteiger partial charge in [-0.05, 0) is 23.8 Å². The van der Waals surface area contributed by atoms with Crippen LogP contribution in [0.2, 0.25) is 0 Å². The van der Waals surface area contributed by atoms with Gasteiger partial charge in [0.1, 0.15) is 11.6 Å². The third-order valence-corrected chi connectivity index (χ3v) is 5.21. The van der Waals surface area contributed by atoms with Crippen molar-refractivity contribution >= 4 is 0 Å². The first kappa shape index (κ1) is 19.5. The van der Waals surface area contributed by atoms with Crippen molar-refractivity contribution < 1.29 is 4.39 Å². The molecule has 1 aliphatic rings. The van der Waals surface area contributed by atoms with Gasteiger partial charge in [-0.2, -0.15) is 0 Å². The zero-order valence-electron chi connectivity index (χ0n) is 17.0. The molecule has 1 aromatic carbocycles. The summed E-state index contributed by atoms with van der Waals surface area (Å²) in [5.41, 5.74) is 4.01. The van der Waals surface area contributed by atoms with Crippen LogP contribution in [0.15, 0.2) is 47.4 Å². The van der Waals surface area contributed by atoms with Crippen molar-refractivity contribution in [3.05, 3.63) is 81.4 Å². The van der Waals surface area contributed by atoms with Gasteiger partial charge in [0.25, 0.3) is 5.56 Å². The number of aromatic amines is 1. The Hall–Kier alpha value is -2.86. The number of nitrogens with one attached hydrogen (secondary N) is 1. The highest BCUT2D eigenvalue weighted by molar-refractivity contribution is 5.58. The number of benzene rings is 1. The van der Waals surface area contributed by atoms with Crippen molar-refractivity contribution in [1.82, 2.24) is 19.9 Å². The molecule has 3 aromatic rings. The SMILES string of the molecule is CC(C)(C)c1nc2c(c(=O)[nH]1)CN(Cc1ccc(-c3cccc(F)c3)nc1)CC2. The van der Waals surface area contributed by atoms with Crippen molar-refractivity contribution in [3.63, 3.8) is 0 Å². The van der Waals surface area contributed by atoms with Crippen LogP contribution >= 0.6 is 0 Å². The fraction of sp³-hybridized carbons (Fsp3) is 0.348. The molecule has 0 spiro atoms. The summed E-state index contributed by atoms with van der Waals surface area (Å²) < 4.78 is 13.4. The molecule has 0 atom stereocenters. The van der Waals surface area contributed by atoms with Crippen LogP contribution in [-0.4, -0.2) is 26.4 Å². The standard InChI is InChI=1S/C23H25FN4O/c1-23(2,3)22-26-20-9-10-28(14-18(20)21(29)27-22)13-15-7-8-19(25-12-15)16-5-4-6-17(24)11-16/h4-8,11-12H,9-10,13-14H2,1-3H3,(H,26,27,29). The van der Waals surface area contributed by atoms with Gasteiger partial charge >= 0.3 is 0 Å². The first-order valence-corrected chi connectivity index (χ1v) is 9.85. The molecule has 3 heterocycles. The van der Waals surface area contributed by atoms with Gasteiger partial charge in [0.2, 0.25) is 0 Å². The molecule has 0 radical (unpaired) electrons. The lowest BCUT2D eigenvalue weighted by molar-refractivity contribution is 0.240. The van der Waals surface area contributed by atoms with Crippen LogP contribution in [0.5, 0.6) is 0 Å². The molecule has 5 nitrogen and oxygen atoms in total. The third kappa shape index (κ3) is 4.27. The molecule has 4 rings (SSSR count). The molecule has 0 saturated carbocycles. The summed E-state index contributed by atoms with van der Waals surface area (Å²) in [4.78, 5) is 27.0. The summed E-state index contributed by atoms with van der Waals surface area (Å²) in [6.45, 7) is 8.27. The van der Waals surface area contributed by atoms with Crippen molar-refractivity contribution in [2.45, 2.75) is 45.7 Å². The summed E-state index contributed by atoms with van der Waals surface area (Å²) in [7, 11) is 0. The van der Waals surface area contributed by atoms with E-state index >= 15 is 0 Å². The van der Waals surface area contributed by atoms with Crippen LogP contribution in [0, 0.1) is 5.82 Å². The molecule has 0 unspecified atom stereocenters. The van der Waals surface area contributed by atoms with Crippen LogP contribution in [0.1, 0.15) is 43.4 Å². The summed E-state index contributed by atoms with van der Waals surface area (Å²) in [6.07, 6.45) is 2.58. The molecular weight excluding hydrogens is 367 g/mol. The van der Waals surface area contributed by atoms with Gasteiger partial charge in [0.05, 0.1) is 17.0 Å². The number of hydrogen-bond donors (Lipinski definition) is 1. The maximum atomic E-state index is 13.4. The zero-order chi connectivity index (χ0) is 20.6. The highest BCUT2D eigenvalue weighted by Crippen LogP contribution is 2.22. The quantitative estimate of drug-likeness (QED) is 0.736. The molecule has 0 amide bonds. The van der Waals surface area contributed by atoms with Gasteiger partial charge in [-0.3, -0.25) is 14.7 Å². The van der Waals surface area contributed by atoms with Crippen molar-refractivity contribution in [1.29, 1.82) is 0 Å². The molecule has 6 heteroatoms. The number of nitrogens with zero attached hydrogens (tertiary/aromatic N) is 3. The highest BCUT2D eigenvalue weighted by atomic mass is 19.1. The van der Waals surface area contributed by atoms with Crippen molar-refractivity contribution in [2.24, 2.45) is 0 Å². The van der Waals surface area contributed by atoms with Crippen LogP contribution in [0.3, 0.4) is 0 Å². The Morgan fingerprint density at radius 1 is 1.21 bits per heavy atom. The fourth-order valence-electron chi connectivity index (χ4n) is 3.57. The largest absolute Gasteiger partial charge is 0.310 e. The predicted molar refractivity (Wildman–Crippen MR) is 111 cm³/mol. The van der Waals surface area contributed by atoms with E-state index in [1.807, 2.05) is 45.2 Å². The summed E-state index contributed by atoms with van der Waals surface area (Å²) in [5.74, 6) is 0.473. The molecule has 29 heavy (non-hydrogen) atoms. The normalized spacial score (nSPS) is 14.6. The Morgan fingerprint density at radius 2 is 2.03 bits per heavy atom. The number of hydrogen-bond acceptors (Lipinski definition) is 4. The molecule has 0 saturated heterocycles. The second kappa shape index (κ2) is 7.52. The second-order valence-corrected chi connectivity index (χ2v) is 8.61. The van der Waals surface area contributed by atoms with Gasteiger partial charge in [-0.1, -0.05) is 39.0 Å². The van der Waals surface area contributed by atoms with E-state index in [1.54, 1.807) is 6.07 Å². The van der Waals surface area contributed by atoms with E-state index < -0.39 is 0 Å². The van der Waals surface area contributed by atoms with Gasteiger partial charge in [0, 0.05) is 43.2 Å². The van der Waals surface area contributed by atoms with Crippen molar-refractivity contribution in [2.75, 3.05) is 6.54 Å². The molecule has 0 fully saturated rings. The summed E-state index contributed by atoms with van der Waals surface area (Å²) >= 11 is 0. The molecule has 0 aliphatic carbocycles. The van der Waals surface area contributed by atoms with Crippen molar-refractivity contribution in [3.8, 4) is 11.3 Å². The average Bonchev–Trinajstić information content (AvgIpc) is 2.68. The van der Waals surface area contributed by atoms with E-state index in [2.05, 4.69) is 14.9 Å². The molecular formula is C23H25FN4O. The highest BCUT2D eigenvalue weighted by Gasteiger charge is 2.24. The number of aromatic nitrogens is 3. The van der Waals surface area contributed by atoms with Gasteiger partial charge in [-0.25, -0.2) is 9.37 Å². The smallest absolute Gasteiger partial charge is 0.255 e. The topological polar surface area (TPSA) is 61.9 Å². The zero-order valence-corrected chi connectivity index (χ0v) is 17.0. The lowest BCUT2D eigenvalue weighted by atomic mass is 9.95. The first-order chi connectivity index (χ1) is 13.8. The number of fused-ring (bicyclic) bond motifs is 1. The fourth-order valence-corrected chi connectivity index (χ4v) is 3.57. The van der Waals surface area contributed by atoms with Gasteiger partial charge < -0.3 is 4.98 Å². The predicted octanol–water partition coefficient (Wildman–Crippen LogP) is 3.83. The Balaban J connectivity index is 1.49. The van der Waals surface area contributed by atoms with Crippen LogP contribution in [0.4, 0.5) is 4.39 Å². The van der Waals surface area contributed by atoms with E-state index in [9.17, 15) is 9.18 Å². The number of rotatable bonds is 3. The maximum absolute atomic E-state index is 13.4. The Labute approximate surface area is 169 Å². The Bertz CT molecular complexity index is 1080. The van der Waals surface area contributed by atoms with Gasteiger partial charge in [-0.15, -0.1) is 0 Å². The number of H-pyrrole nitrogens is 1. The molecule has 1 N–H and O–H groups in total. The lowest BCUT2D eigenvalue weighted by Crippen LogP contribution is -2.37. The first-order valence-electron chi connectivity index (χ1n) is 9.85. The van der Waals surface area contributed by atoms with E-state index in [-0.39, 0.29) is 16.8 Å². The second-order valence-electron chi connectivity index (χ2n) is 8.61. The van der Waals surface area contributed by atoms with Crippen LogP contribution in [-0.2, 0) is 24.9 Å².